The molecule has 3 nitrogen and oxygen atoms in total. The maximum atomic E-state index is 6.06. The van der Waals surface area contributed by atoms with E-state index in [9.17, 15) is 0 Å². The van der Waals surface area contributed by atoms with Gasteiger partial charge in [0, 0.05) is 12.1 Å². The predicted octanol–water partition coefficient (Wildman–Crippen LogP) is 4.96. The summed E-state index contributed by atoms with van der Waals surface area (Å²) in [6.45, 7) is 0.418. The number of ether oxygens (including phenoxy) is 1. The zero-order valence-electron chi connectivity index (χ0n) is 12.7. The third-order valence-corrected chi connectivity index (χ3v) is 4.26. The van der Waals surface area contributed by atoms with Gasteiger partial charge in [-0.25, -0.2) is 4.98 Å². The highest BCUT2D eigenvalue weighted by Gasteiger charge is 2.09. The van der Waals surface area contributed by atoms with E-state index in [1.54, 1.807) is 0 Å². The van der Waals surface area contributed by atoms with Gasteiger partial charge in [0.25, 0.3) is 0 Å². The van der Waals surface area contributed by atoms with Crippen molar-refractivity contribution < 1.29 is 4.74 Å². The Morgan fingerprint density at radius 1 is 1.00 bits per heavy atom. The van der Waals surface area contributed by atoms with Gasteiger partial charge in [0.05, 0.1) is 11.0 Å². The van der Waals surface area contributed by atoms with Crippen molar-refractivity contribution in [2.24, 2.45) is 7.05 Å². The molecule has 0 spiro atoms. The first-order valence-corrected chi connectivity index (χ1v) is 7.81. The summed E-state index contributed by atoms with van der Waals surface area (Å²) in [6.07, 6.45) is 0. The molecule has 4 rings (SSSR count). The minimum atomic E-state index is 0.418. The number of nitrogens with zero attached hydrogens (tertiary/aromatic N) is 2. The normalized spacial score (nSPS) is 11.2. The van der Waals surface area contributed by atoms with E-state index in [0.717, 1.165) is 22.6 Å². The number of benzene rings is 3. The van der Waals surface area contributed by atoms with Gasteiger partial charge in [0.15, 0.2) is 0 Å². The number of aryl methyl sites for hydroxylation is 1. The van der Waals surface area contributed by atoms with Gasteiger partial charge in [0.2, 0.25) is 0 Å². The molecule has 0 aliphatic carbocycles. The molecule has 0 saturated carbocycles. The summed E-state index contributed by atoms with van der Waals surface area (Å²) < 4.78 is 7.94. The zero-order valence-corrected chi connectivity index (χ0v) is 13.4. The molecule has 0 aliphatic heterocycles. The molecule has 0 amide bonds. The fraction of sp³-hybridized carbons (Fsp3) is 0.105. The van der Waals surface area contributed by atoms with Crippen LogP contribution in [0.4, 0.5) is 0 Å². The molecular weight excluding hydrogens is 308 g/mol. The van der Waals surface area contributed by atoms with E-state index < -0.39 is 0 Å². The van der Waals surface area contributed by atoms with Crippen LogP contribution in [0.5, 0.6) is 5.75 Å². The molecule has 0 N–H and O–H groups in total. The average molecular weight is 323 g/mol. The number of aromatic nitrogens is 2. The lowest BCUT2D eigenvalue weighted by atomic mass is 10.1. The highest BCUT2D eigenvalue weighted by molar-refractivity contribution is 6.31. The first kappa shape index (κ1) is 14.1. The van der Waals surface area contributed by atoms with Crippen LogP contribution in [-0.2, 0) is 13.7 Å². The summed E-state index contributed by atoms with van der Waals surface area (Å²) in [6, 6.07) is 20.0. The second-order valence-electron chi connectivity index (χ2n) is 5.52. The van der Waals surface area contributed by atoms with Gasteiger partial charge in [-0.2, -0.15) is 0 Å². The summed E-state index contributed by atoms with van der Waals surface area (Å²) >= 11 is 6.06. The third-order valence-electron chi connectivity index (χ3n) is 4.02. The van der Waals surface area contributed by atoms with E-state index >= 15 is 0 Å². The van der Waals surface area contributed by atoms with Gasteiger partial charge in [-0.15, -0.1) is 0 Å². The van der Waals surface area contributed by atoms with E-state index in [2.05, 4.69) is 29.2 Å². The molecule has 0 atom stereocenters. The van der Waals surface area contributed by atoms with Crippen molar-refractivity contribution in [3.8, 4) is 5.75 Å². The van der Waals surface area contributed by atoms with Crippen LogP contribution >= 0.6 is 11.6 Å². The van der Waals surface area contributed by atoms with E-state index in [1.807, 2.05) is 48.0 Å². The maximum absolute atomic E-state index is 6.06. The van der Waals surface area contributed by atoms with Crippen LogP contribution in [-0.4, -0.2) is 9.55 Å². The van der Waals surface area contributed by atoms with Crippen LogP contribution in [0.1, 0.15) is 5.82 Å². The Bertz CT molecular complexity index is 1010. The lowest BCUT2D eigenvalue weighted by molar-refractivity contribution is 0.293. The summed E-state index contributed by atoms with van der Waals surface area (Å²) in [5.74, 6) is 1.71. The third kappa shape index (κ3) is 2.64. The molecule has 0 saturated heterocycles. The first-order chi connectivity index (χ1) is 11.2. The number of rotatable bonds is 3. The second kappa shape index (κ2) is 5.60. The first-order valence-electron chi connectivity index (χ1n) is 7.43. The smallest absolute Gasteiger partial charge is 0.147 e. The molecule has 3 aromatic carbocycles. The van der Waals surface area contributed by atoms with E-state index in [1.165, 1.54) is 10.8 Å². The molecule has 0 unspecified atom stereocenters. The molecule has 0 aliphatic rings. The van der Waals surface area contributed by atoms with Crippen molar-refractivity contribution in [2.75, 3.05) is 0 Å². The van der Waals surface area contributed by atoms with Gasteiger partial charge in [-0.1, -0.05) is 41.9 Å². The average Bonchev–Trinajstić information content (AvgIpc) is 2.89. The molecule has 23 heavy (non-hydrogen) atoms. The topological polar surface area (TPSA) is 27.1 Å². The Balaban J connectivity index is 1.61. The molecule has 0 fully saturated rings. The minimum Gasteiger partial charge on any atom is -0.486 e. The number of hydrogen-bond donors (Lipinski definition) is 0. The SMILES string of the molecule is Cn1c(COc2ccc3ccccc3c2)nc2ccc(Cl)cc21. The molecule has 114 valence electrons. The van der Waals surface area contributed by atoms with E-state index in [0.29, 0.717) is 11.6 Å². The van der Waals surface area contributed by atoms with Crippen LogP contribution in [0.2, 0.25) is 5.02 Å². The Labute approximate surface area is 139 Å². The van der Waals surface area contributed by atoms with Crippen molar-refractivity contribution in [1.82, 2.24) is 9.55 Å². The van der Waals surface area contributed by atoms with Gasteiger partial charge >= 0.3 is 0 Å². The van der Waals surface area contributed by atoms with Gasteiger partial charge in [-0.3, -0.25) is 0 Å². The number of hydrogen-bond acceptors (Lipinski definition) is 2. The number of fused-ring (bicyclic) bond motifs is 2. The number of halogens is 1. The highest BCUT2D eigenvalue weighted by Crippen LogP contribution is 2.23. The van der Waals surface area contributed by atoms with Crippen molar-refractivity contribution >= 4 is 33.4 Å². The second-order valence-corrected chi connectivity index (χ2v) is 5.95. The summed E-state index contributed by atoms with van der Waals surface area (Å²) in [7, 11) is 1.98. The van der Waals surface area contributed by atoms with Crippen molar-refractivity contribution in [1.29, 1.82) is 0 Å². The van der Waals surface area contributed by atoms with Crippen LogP contribution in [0.3, 0.4) is 0 Å². The Hall–Kier alpha value is -2.52. The van der Waals surface area contributed by atoms with Crippen LogP contribution < -0.4 is 4.74 Å². The van der Waals surface area contributed by atoms with Crippen LogP contribution in [0.15, 0.2) is 60.7 Å². The summed E-state index contributed by atoms with van der Waals surface area (Å²) in [4.78, 5) is 4.61. The van der Waals surface area contributed by atoms with Crippen molar-refractivity contribution in [3.05, 3.63) is 71.5 Å². The lowest BCUT2D eigenvalue weighted by Gasteiger charge is -2.07. The van der Waals surface area contributed by atoms with Gasteiger partial charge < -0.3 is 9.30 Å². The molecule has 1 heterocycles. The summed E-state index contributed by atoms with van der Waals surface area (Å²) in [5, 5.41) is 3.08. The molecule has 4 heteroatoms. The predicted molar refractivity (Wildman–Crippen MR) is 94.0 cm³/mol. The Morgan fingerprint density at radius 3 is 2.70 bits per heavy atom. The van der Waals surface area contributed by atoms with Crippen molar-refractivity contribution in [3.63, 3.8) is 0 Å². The molecule has 0 bridgehead atoms. The Morgan fingerprint density at radius 2 is 1.83 bits per heavy atom. The zero-order chi connectivity index (χ0) is 15.8. The highest BCUT2D eigenvalue weighted by atomic mass is 35.5. The monoisotopic (exact) mass is 322 g/mol. The van der Waals surface area contributed by atoms with E-state index in [-0.39, 0.29) is 0 Å². The number of imidazole rings is 1. The fourth-order valence-electron chi connectivity index (χ4n) is 2.75. The largest absolute Gasteiger partial charge is 0.486 e. The van der Waals surface area contributed by atoms with Crippen molar-refractivity contribution in [2.45, 2.75) is 6.61 Å². The van der Waals surface area contributed by atoms with Gasteiger partial charge in [-0.05, 0) is 41.1 Å². The lowest BCUT2D eigenvalue weighted by Crippen LogP contribution is -2.03. The van der Waals surface area contributed by atoms with E-state index in [4.69, 9.17) is 16.3 Å². The molecular formula is C19H15ClN2O. The standard InChI is InChI=1S/C19H15ClN2O/c1-22-18-11-15(20)7-9-17(18)21-19(22)12-23-16-8-6-13-4-2-3-5-14(13)10-16/h2-11H,12H2,1H3. The maximum Gasteiger partial charge on any atom is 0.147 e. The van der Waals surface area contributed by atoms with Crippen LogP contribution in [0, 0.1) is 0 Å². The molecule has 1 aromatic heterocycles. The van der Waals surface area contributed by atoms with Crippen LogP contribution in [0.25, 0.3) is 21.8 Å². The quantitative estimate of drug-likeness (QED) is 0.533. The van der Waals surface area contributed by atoms with Gasteiger partial charge in [0.1, 0.15) is 18.2 Å². The summed E-state index contributed by atoms with van der Waals surface area (Å²) in [5.41, 5.74) is 1.93. The minimum absolute atomic E-state index is 0.418. The molecule has 4 aromatic rings. The Kier molecular flexibility index (Phi) is 3.43. The fourth-order valence-corrected chi connectivity index (χ4v) is 2.91. The molecule has 0 radical (unpaired) electrons.